The van der Waals surface area contributed by atoms with Crippen LogP contribution in [0.3, 0.4) is 0 Å². The molecule has 0 spiro atoms. The SMILES string of the molecule is Cc1cccc(NS(=O)(=O)c2cc(C(=O)O[C@H](C)C(=O)N(C)C)ccc2C)c1. The number of sulfonamides is 1. The van der Waals surface area contributed by atoms with Crippen LogP contribution in [-0.4, -0.2) is 45.4 Å². The minimum atomic E-state index is -3.91. The number of benzene rings is 2. The third-order valence-corrected chi connectivity index (χ3v) is 5.58. The summed E-state index contributed by atoms with van der Waals surface area (Å²) >= 11 is 0. The summed E-state index contributed by atoms with van der Waals surface area (Å²) in [4.78, 5) is 25.5. The maximum absolute atomic E-state index is 12.8. The van der Waals surface area contributed by atoms with Crippen LogP contribution in [0.1, 0.15) is 28.4 Å². The third kappa shape index (κ3) is 5.10. The Hall–Kier alpha value is -2.87. The Balaban J connectivity index is 2.29. The van der Waals surface area contributed by atoms with Gasteiger partial charge in [0.1, 0.15) is 0 Å². The number of hydrogen-bond acceptors (Lipinski definition) is 5. The van der Waals surface area contributed by atoms with Crippen LogP contribution in [0.15, 0.2) is 47.4 Å². The van der Waals surface area contributed by atoms with Gasteiger partial charge < -0.3 is 9.64 Å². The monoisotopic (exact) mass is 404 g/mol. The Morgan fingerprint density at radius 2 is 1.75 bits per heavy atom. The summed E-state index contributed by atoms with van der Waals surface area (Å²) in [6.07, 6.45) is -0.978. The van der Waals surface area contributed by atoms with Crippen molar-refractivity contribution < 1.29 is 22.7 Å². The standard InChI is InChI=1S/C20H24N2O5S/c1-13-7-6-8-17(11-13)21-28(25,26)18-12-16(10-9-14(18)2)20(24)27-15(3)19(23)22(4)5/h6-12,15,21H,1-5H3/t15-/m1/s1. The number of amides is 1. The summed E-state index contributed by atoms with van der Waals surface area (Å²) in [6, 6.07) is 11.2. The van der Waals surface area contributed by atoms with Crippen molar-refractivity contribution in [2.75, 3.05) is 18.8 Å². The summed E-state index contributed by atoms with van der Waals surface area (Å²) in [5.74, 6) is -1.14. The molecule has 0 aromatic heterocycles. The molecule has 0 radical (unpaired) electrons. The van der Waals surface area contributed by atoms with Crippen LogP contribution >= 0.6 is 0 Å². The molecule has 2 aromatic carbocycles. The molecule has 0 aliphatic carbocycles. The number of carbonyl (C=O) groups excluding carboxylic acids is 2. The van der Waals surface area contributed by atoms with Crippen molar-refractivity contribution in [2.45, 2.75) is 31.8 Å². The van der Waals surface area contributed by atoms with Crippen molar-refractivity contribution in [1.82, 2.24) is 4.90 Å². The van der Waals surface area contributed by atoms with Crippen LogP contribution in [0.4, 0.5) is 5.69 Å². The largest absolute Gasteiger partial charge is 0.449 e. The van der Waals surface area contributed by atoms with E-state index in [4.69, 9.17) is 4.74 Å². The number of likely N-dealkylation sites (N-methyl/N-ethyl adjacent to an activating group) is 1. The number of anilines is 1. The highest BCUT2D eigenvalue weighted by atomic mass is 32.2. The smallest absolute Gasteiger partial charge is 0.338 e. The number of rotatable bonds is 6. The fourth-order valence-corrected chi connectivity index (χ4v) is 3.90. The first-order chi connectivity index (χ1) is 13.0. The van der Waals surface area contributed by atoms with Gasteiger partial charge in [0.05, 0.1) is 10.5 Å². The lowest BCUT2D eigenvalue weighted by Crippen LogP contribution is -2.34. The van der Waals surface area contributed by atoms with Gasteiger partial charge in [0.15, 0.2) is 6.10 Å². The zero-order valence-electron chi connectivity index (χ0n) is 16.5. The number of nitrogens with one attached hydrogen (secondary N) is 1. The van der Waals surface area contributed by atoms with Crippen LogP contribution < -0.4 is 4.72 Å². The van der Waals surface area contributed by atoms with E-state index in [9.17, 15) is 18.0 Å². The molecule has 0 aliphatic rings. The summed E-state index contributed by atoms with van der Waals surface area (Å²) in [7, 11) is -0.796. The number of carbonyl (C=O) groups is 2. The van der Waals surface area contributed by atoms with E-state index in [-0.39, 0.29) is 16.4 Å². The molecule has 0 unspecified atom stereocenters. The molecule has 0 saturated heterocycles. The second kappa shape index (κ2) is 8.43. The summed E-state index contributed by atoms with van der Waals surface area (Å²) in [5.41, 5.74) is 1.87. The van der Waals surface area contributed by atoms with E-state index in [1.807, 2.05) is 13.0 Å². The van der Waals surface area contributed by atoms with E-state index in [0.717, 1.165) is 5.56 Å². The maximum atomic E-state index is 12.8. The molecule has 0 saturated carbocycles. The van der Waals surface area contributed by atoms with E-state index < -0.39 is 22.1 Å². The van der Waals surface area contributed by atoms with Crippen molar-refractivity contribution in [1.29, 1.82) is 0 Å². The number of aryl methyl sites for hydroxylation is 2. The zero-order valence-corrected chi connectivity index (χ0v) is 17.3. The predicted octanol–water partition coefficient (Wildman–Crippen LogP) is 2.74. The molecule has 1 amide bonds. The van der Waals surface area contributed by atoms with Gasteiger partial charge in [0.2, 0.25) is 0 Å². The molecule has 8 heteroatoms. The lowest BCUT2D eigenvalue weighted by molar-refractivity contribution is -0.137. The van der Waals surface area contributed by atoms with Gasteiger partial charge in [0, 0.05) is 19.8 Å². The van der Waals surface area contributed by atoms with Crippen molar-refractivity contribution in [3.05, 3.63) is 59.2 Å². The minimum absolute atomic E-state index is 0.0324. The van der Waals surface area contributed by atoms with Gasteiger partial charge in [-0.3, -0.25) is 9.52 Å². The third-order valence-electron chi connectivity index (χ3n) is 4.06. The molecular formula is C20H24N2O5S. The van der Waals surface area contributed by atoms with Gasteiger partial charge in [-0.05, 0) is 56.2 Å². The Morgan fingerprint density at radius 1 is 1.07 bits per heavy atom. The minimum Gasteiger partial charge on any atom is -0.449 e. The zero-order chi connectivity index (χ0) is 21.1. The second-order valence-corrected chi connectivity index (χ2v) is 8.39. The maximum Gasteiger partial charge on any atom is 0.338 e. The second-order valence-electron chi connectivity index (χ2n) is 6.74. The number of esters is 1. The molecule has 7 nitrogen and oxygen atoms in total. The van der Waals surface area contributed by atoms with E-state index in [1.54, 1.807) is 39.2 Å². The molecule has 0 fully saturated rings. The summed E-state index contributed by atoms with van der Waals surface area (Å²) in [5, 5.41) is 0. The number of hydrogen-bond donors (Lipinski definition) is 1. The summed E-state index contributed by atoms with van der Waals surface area (Å²) in [6.45, 7) is 4.96. The van der Waals surface area contributed by atoms with E-state index in [0.29, 0.717) is 11.3 Å². The first kappa shape index (κ1) is 21.4. The van der Waals surface area contributed by atoms with E-state index in [1.165, 1.54) is 30.0 Å². The molecule has 0 aliphatic heterocycles. The lowest BCUT2D eigenvalue weighted by atomic mass is 10.1. The number of nitrogens with zero attached hydrogens (tertiary/aromatic N) is 1. The normalized spacial score (nSPS) is 12.2. The first-order valence-electron chi connectivity index (χ1n) is 8.63. The van der Waals surface area contributed by atoms with Gasteiger partial charge in [-0.25, -0.2) is 13.2 Å². The molecule has 2 rings (SSSR count). The van der Waals surface area contributed by atoms with Crippen molar-refractivity contribution >= 4 is 27.6 Å². The van der Waals surface area contributed by atoms with Crippen molar-refractivity contribution in [2.24, 2.45) is 0 Å². The highest BCUT2D eigenvalue weighted by molar-refractivity contribution is 7.92. The lowest BCUT2D eigenvalue weighted by Gasteiger charge is -2.17. The molecule has 2 aromatic rings. The molecule has 1 N–H and O–H groups in total. The van der Waals surface area contributed by atoms with Crippen LogP contribution in [-0.2, 0) is 19.6 Å². The van der Waals surface area contributed by atoms with E-state index >= 15 is 0 Å². The first-order valence-corrected chi connectivity index (χ1v) is 10.1. The van der Waals surface area contributed by atoms with Gasteiger partial charge >= 0.3 is 5.97 Å². The highest BCUT2D eigenvalue weighted by Gasteiger charge is 2.23. The van der Waals surface area contributed by atoms with Crippen molar-refractivity contribution in [3.63, 3.8) is 0 Å². The average molecular weight is 404 g/mol. The summed E-state index contributed by atoms with van der Waals surface area (Å²) < 4.78 is 33.3. The van der Waals surface area contributed by atoms with E-state index in [2.05, 4.69) is 4.72 Å². The quantitative estimate of drug-likeness (QED) is 0.748. The van der Waals surface area contributed by atoms with Gasteiger partial charge in [-0.15, -0.1) is 0 Å². The van der Waals surface area contributed by atoms with Gasteiger partial charge in [-0.1, -0.05) is 18.2 Å². The molecule has 0 heterocycles. The Morgan fingerprint density at radius 3 is 2.36 bits per heavy atom. The van der Waals surface area contributed by atoms with Gasteiger partial charge in [0.25, 0.3) is 15.9 Å². The molecule has 1 atom stereocenters. The Labute approximate surface area is 165 Å². The highest BCUT2D eigenvalue weighted by Crippen LogP contribution is 2.22. The number of ether oxygens (including phenoxy) is 1. The molecule has 150 valence electrons. The Kier molecular flexibility index (Phi) is 6.45. The van der Waals surface area contributed by atoms with Gasteiger partial charge in [-0.2, -0.15) is 0 Å². The average Bonchev–Trinajstić information content (AvgIpc) is 2.60. The molecule has 0 bridgehead atoms. The fourth-order valence-electron chi connectivity index (χ4n) is 2.58. The molecular weight excluding hydrogens is 380 g/mol. The fraction of sp³-hybridized carbons (Fsp3) is 0.300. The van der Waals surface area contributed by atoms with Crippen molar-refractivity contribution in [3.8, 4) is 0 Å². The van der Waals surface area contributed by atoms with Crippen LogP contribution in [0.25, 0.3) is 0 Å². The predicted molar refractivity (Wildman–Crippen MR) is 107 cm³/mol. The Bertz CT molecular complexity index is 999. The van der Waals surface area contributed by atoms with Crippen LogP contribution in [0.2, 0.25) is 0 Å². The molecule has 28 heavy (non-hydrogen) atoms. The van der Waals surface area contributed by atoms with Crippen LogP contribution in [0, 0.1) is 13.8 Å². The van der Waals surface area contributed by atoms with Crippen LogP contribution in [0.5, 0.6) is 0 Å². The topological polar surface area (TPSA) is 92.8 Å².